The van der Waals surface area contributed by atoms with E-state index in [9.17, 15) is 14.4 Å². The molecule has 25 heavy (non-hydrogen) atoms. The molecule has 3 aliphatic rings. The Bertz CT molecular complexity index is 530. The van der Waals surface area contributed by atoms with Crippen LogP contribution in [0.3, 0.4) is 0 Å². The van der Waals surface area contributed by atoms with Crippen molar-refractivity contribution in [1.29, 1.82) is 0 Å². The Labute approximate surface area is 148 Å². The van der Waals surface area contributed by atoms with Gasteiger partial charge in [0.1, 0.15) is 0 Å². The van der Waals surface area contributed by atoms with Crippen molar-refractivity contribution in [2.24, 2.45) is 11.8 Å². The molecule has 2 saturated heterocycles. The maximum atomic E-state index is 12.8. The summed E-state index contributed by atoms with van der Waals surface area (Å²) in [5, 5.41) is 8.90. The van der Waals surface area contributed by atoms with Crippen molar-refractivity contribution >= 4 is 17.8 Å². The van der Waals surface area contributed by atoms with Crippen molar-refractivity contribution in [2.45, 2.75) is 57.6 Å². The van der Waals surface area contributed by atoms with Crippen LogP contribution in [-0.4, -0.2) is 71.1 Å². The lowest BCUT2D eigenvalue weighted by Crippen LogP contribution is -2.49. The van der Waals surface area contributed by atoms with E-state index in [4.69, 9.17) is 9.84 Å². The molecule has 3 fully saturated rings. The smallest absolute Gasteiger partial charge is 0.306 e. The average Bonchev–Trinajstić information content (AvgIpc) is 2.96. The number of carbonyl (C=O) groups is 3. The monoisotopic (exact) mass is 352 g/mol. The third-order valence-electron chi connectivity index (χ3n) is 5.79. The number of hydrogen-bond donors (Lipinski definition) is 1. The Morgan fingerprint density at radius 1 is 1.20 bits per heavy atom. The Hall–Kier alpha value is -1.63. The molecule has 0 bridgehead atoms. The van der Waals surface area contributed by atoms with Gasteiger partial charge in [-0.25, -0.2) is 0 Å². The predicted molar refractivity (Wildman–Crippen MR) is 89.8 cm³/mol. The maximum absolute atomic E-state index is 12.8. The molecule has 1 N–H and O–H groups in total. The first kappa shape index (κ1) is 18.2. The number of rotatable bonds is 4. The highest BCUT2D eigenvalue weighted by Gasteiger charge is 2.41. The second-order valence-corrected chi connectivity index (χ2v) is 7.74. The average molecular weight is 352 g/mol. The molecule has 0 unspecified atom stereocenters. The number of nitrogens with zero attached hydrogens (tertiary/aromatic N) is 2. The SMILES string of the molecule is CC1CCC(N2C[C@H](C(=O)N3CCO[C@H](CC(=O)O)C3)CC2=O)CC1. The largest absolute Gasteiger partial charge is 0.481 e. The van der Waals surface area contributed by atoms with Crippen LogP contribution in [0.5, 0.6) is 0 Å². The number of aliphatic carboxylic acids is 1. The van der Waals surface area contributed by atoms with E-state index in [1.165, 1.54) is 0 Å². The highest BCUT2D eigenvalue weighted by molar-refractivity contribution is 5.89. The van der Waals surface area contributed by atoms with Crippen LogP contribution < -0.4 is 0 Å². The molecule has 0 radical (unpaired) electrons. The molecule has 2 aliphatic heterocycles. The van der Waals surface area contributed by atoms with Gasteiger partial charge in [0.15, 0.2) is 0 Å². The summed E-state index contributed by atoms with van der Waals surface area (Å²) in [4.78, 5) is 39.7. The van der Waals surface area contributed by atoms with Crippen LogP contribution in [0.4, 0.5) is 0 Å². The Balaban J connectivity index is 1.56. The van der Waals surface area contributed by atoms with E-state index in [1.54, 1.807) is 4.90 Å². The number of amides is 2. The van der Waals surface area contributed by atoms with Gasteiger partial charge >= 0.3 is 5.97 Å². The molecule has 3 rings (SSSR count). The fraction of sp³-hybridized carbons (Fsp3) is 0.833. The van der Waals surface area contributed by atoms with Gasteiger partial charge in [-0.2, -0.15) is 0 Å². The fourth-order valence-corrected chi connectivity index (χ4v) is 4.30. The highest BCUT2D eigenvalue weighted by Crippen LogP contribution is 2.32. The molecule has 1 saturated carbocycles. The lowest BCUT2D eigenvalue weighted by molar-refractivity contribution is -0.149. The van der Waals surface area contributed by atoms with Crippen LogP contribution in [0.2, 0.25) is 0 Å². The summed E-state index contributed by atoms with van der Waals surface area (Å²) >= 11 is 0. The molecule has 140 valence electrons. The third-order valence-corrected chi connectivity index (χ3v) is 5.79. The van der Waals surface area contributed by atoms with E-state index in [2.05, 4.69) is 6.92 Å². The third kappa shape index (κ3) is 4.32. The van der Waals surface area contributed by atoms with Gasteiger partial charge in [-0.1, -0.05) is 6.92 Å². The van der Waals surface area contributed by atoms with Gasteiger partial charge in [0, 0.05) is 32.1 Å². The van der Waals surface area contributed by atoms with Crippen LogP contribution in [0, 0.1) is 11.8 Å². The molecule has 1 aliphatic carbocycles. The minimum atomic E-state index is -0.923. The first-order valence-corrected chi connectivity index (χ1v) is 9.35. The van der Waals surface area contributed by atoms with Gasteiger partial charge in [-0.05, 0) is 31.6 Å². The van der Waals surface area contributed by atoms with Gasteiger partial charge in [0.2, 0.25) is 11.8 Å². The standard InChI is InChI=1S/C18H28N2O5/c1-12-2-4-14(5-3-12)20-10-13(8-16(20)21)18(24)19-6-7-25-15(11-19)9-17(22)23/h12-15H,2-11H2,1H3,(H,22,23)/t12?,13-,14?,15-/m1/s1. The topological polar surface area (TPSA) is 87.2 Å². The summed E-state index contributed by atoms with van der Waals surface area (Å²) in [6, 6.07) is 0.283. The molecule has 2 heterocycles. The Morgan fingerprint density at radius 2 is 1.92 bits per heavy atom. The highest BCUT2D eigenvalue weighted by atomic mass is 16.5. The zero-order chi connectivity index (χ0) is 18.0. The first-order chi connectivity index (χ1) is 11.9. The van der Waals surface area contributed by atoms with Crippen molar-refractivity contribution in [3.05, 3.63) is 0 Å². The van der Waals surface area contributed by atoms with Crippen molar-refractivity contribution in [1.82, 2.24) is 9.80 Å². The van der Waals surface area contributed by atoms with Crippen molar-refractivity contribution in [3.63, 3.8) is 0 Å². The minimum absolute atomic E-state index is 0.0290. The number of likely N-dealkylation sites (tertiary alicyclic amines) is 1. The molecular formula is C18H28N2O5. The van der Waals surface area contributed by atoms with E-state index in [0.717, 1.165) is 31.6 Å². The number of carboxylic acid groups (broad SMARTS) is 1. The van der Waals surface area contributed by atoms with Gasteiger partial charge in [-0.3, -0.25) is 14.4 Å². The summed E-state index contributed by atoms with van der Waals surface area (Å²) in [6.45, 7) is 3.89. The maximum Gasteiger partial charge on any atom is 0.306 e. The lowest BCUT2D eigenvalue weighted by atomic mass is 9.86. The lowest BCUT2D eigenvalue weighted by Gasteiger charge is -2.35. The zero-order valence-electron chi connectivity index (χ0n) is 14.9. The second kappa shape index (κ2) is 7.72. The van der Waals surface area contributed by atoms with E-state index >= 15 is 0 Å². The molecule has 0 aromatic heterocycles. The molecule has 7 heteroatoms. The molecule has 2 amide bonds. The number of carbonyl (C=O) groups excluding carboxylic acids is 2. The summed E-state index contributed by atoms with van der Waals surface area (Å²) in [5.41, 5.74) is 0. The van der Waals surface area contributed by atoms with Crippen molar-refractivity contribution in [2.75, 3.05) is 26.2 Å². The van der Waals surface area contributed by atoms with E-state index in [0.29, 0.717) is 26.2 Å². The fourth-order valence-electron chi connectivity index (χ4n) is 4.30. The Morgan fingerprint density at radius 3 is 2.60 bits per heavy atom. The minimum Gasteiger partial charge on any atom is -0.481 e. The van der Waals surface area contributed by atoms with Crippen LogP contribution in [0.25, 0.3) is 0 Å². The van der Waals surface area contributed by atoms with Gasteiger partial charge in [0.05, 0.1) is 25.0 Å². The predicted octanol–water partition coefficient (Wildman–Crippen LogP) is 1.12. The van der Waals surface area contributed by atoms with Gasteiger partial charge in [0.25, 0.3) is 0 Å². The quantitative estimate of drug-likeness (QED) is 0.819. The van der Waals surface area contributed by atoms with E-state index < -0.39 is 12.1 Å². The van der Waals surface area contributed by atoms with Crippen LogP contribution in [0.15, 0.2) is 0 Å². The number of ether oxygens (including phenoxy) is 1. The first-order valence-electron chi connectivity index (χ1n) is 9.35. The normalized spacial score (nSPS) is 33.6. The van der Waals surface area contributed by atoms with Gasteiger partial charge in [-0.15, -0.1) is 0 Å². The second-order valence-electron chi connectivity index (χ2n) is 7.74. The van der Waals surface area contributed by atoms with Crippen molar-refractivity contribution < 1.29 is 24.2 Å². The van der Waals surface area contributed by atoms with E-state index in [1.807, 2.05) is 4.90 Å². The van der Waals surface area contributed by atoms with Crippen LogP contribution >= 0.6 is 0 Å². The zero-order valence-corrected chi connectivity index (χ0v) is 14.9. The molecule has 2 atom stereocenters. The molecular weight excluding hydrogens is 324 g/mol. The molecule has 0 spiro atoms. The molecule has 0 aromatic carbocycles. The summed E-state index contributed by atoms with van der Waals surface area (Å²) in [5.74, 6) is -0.429. The summed E-state index contributed by atoms with van der Waals surface area (Å²) in [6.07, 6.45) is 4.09. The molecule has 7 nitrogen and oxygen atoms in total. The number of morpholine rings is 1. The number of hydrogen-bond acceptors (Lipinski definition) is 4. The van der Waals surface area contributed by atoms with Gasteiger partial charge < -0.3 is 19.6 Å². The summed E-state index contributed by atoms with van der Waals surface area (Å²) in [7, 11) is 0. The molecule has 0 aromatic rings. The number of carboxylic acids is 1. The Kier molecular flexibility index (Phi) is 5.61. The summed E-state index contributed by atoms with van der Waals surface area (Å²) < 4.78 is 5.43. The van der Waals surface area contributed by atoms with E-state index in [-0.39, 0.29) is 36.6 Å². The van der Waals surface area contributed by atoms with Crippen LogP contribution in [0.1, 0.15) is 45.4 Å². The van der Waals surface area contributed by atoms with Crippen molar-refractivity contribution in [3.8, 4) is 0 Å². The van der Waals surface area contributed by atoms with Crippen LogP contribution in [-0.2, 0) is 19.1 Å².